The van der Waals surface area contributed by atoms with Gasteiger partial charge in [-0.25, -0.2) is 4.79 Å². The van der Waals surface area contributed by atoms with Crippen molar-refractivity contribution in [2.75, 3.05) is 11.9 Å². The number of hydrogen-bond acceptors (Lipinski definition) is 4. The molecular formula is C16H13ClN2O4. The summed E-state index contributed by atoms with van der Waals surface area (Å²) in [6, 6.07) is 12.4. The normalized spacial score (nSPS) is 9.96. The van der Waals surface area contributed by atoms with Crippen molar-refractivity contribution in [3.8, 4) is 0 Å². The van der Waals surface area contributed by atoms with Crippen LogP contribution in [0.4, 0.5) is 16.2 Å². The molecule has 0 aromatic heterocycles. The highest BCUT2D eigenvalue weighted by Crippen LogP contribution is 2.18. The average Bonchev–Trinajstić information content (AvgIpc) is 2.55. The highest BCUT2D eigenvalue weighted by Gasteiger charge is 2.08. The highest BCUT2D eigenvalue weighted by atomic mass is 35.5. The van der Waals surface area contributed by atoms with Crippen LogP contribution in [0.2, 0.25) is 5.02 Å². The zero-order valence-electron chi connectivity index (χ0n) is 12.0. The Morgan fingerprint density at radius 3 is 2.35 bits per heavy atom. The largest absolute Gasteiger partial charge is 0.444 e. The first-order valence-electron chi connectivity index (χ1n) is 6.57. The molecule has 0 atom stereocenters. The predicted molar refractivity (Wildman–Crippen MR) is 88.6 cm³/mol. The van der Waals surface area contributed by atoms with Gasteiger partial charge in [0.2, 0.25) is 0 Å². The lowest BCUT2D eigenvalue weighted by atomic mass is 10.1. The number of halogens is 1. The van der Waals surface area contributed by atoms with E-state index in [0.29, 0.717) is 21.8 Å². The number of carbonyl (C=O) groups excluding carboxylic acids is 1. The van der Waals surface area contributed by atoms with E-state index in [2.05, 4.69) is 11.9 Å². The van der Waals surface area contributed by atoms with E-state index in [1.54, 1.807) is 36.4 Å². The molecule has 2 aromatic carbocycles. The third-order valence-electron chi connectivity index (χ3n) is 2.95. The smallest absolute Gasteiger partial charge is 0.411 e. The van der Waals surface area contributed by atoms with Crippen LogP contribution in [0.3, 0.4) is 0 Å². The number of nitro benzene ring substituents is 1. The second-order valence-electron chi connectivity index (χ2n) is 4.62. The van der Waals surface area contributed by atoms with Gasteiger partial charge in [-0.2, -0.15) is 0 Å². The Balaban J connectivity index is 1.87. The summed E-state index contributed by atoms with van der Waals surface area (Å²) < 4.78 is 5.05. The Morgan fingerprint density at radius 2 is 1.78 bits per heavy atom. The maximum atomic E-state index is 11.7. The Morgan fingerprint density at radius 1 is 1.17 bits per heavy atom. The van der Waals surface area contributed by atoms with Gasteiger partial charge < -0.3 is 4.74 Å². The maximum absolute atomic E-state index is 11.7. The molecule has 1 N–H and O–H groups in total. The van der Waals surface area contributed by atoms with Crippen LogP contribution in [0, 0.1) is 10.1 Å². The van der Waals surface area contributed by atoms with Gasteiger partial charge in [0.25, 0.3) is 5.69 Å². The first kappa shape index (κ1) is 16.5. The molecule has 0 bridgehead atoms. The number of carbonyl (C=O) groups is 1. The standard InChI is InChI=1S/C16H13ClN2O4/c1-11(12-2-8-15(9-3-12)19(21)22)10-23-16(20)18-14-6-4-13(17)5-7-14/h2-9H,1,10H2,(H,18,20). The molecule has 0 aliphatic rings. The number of hydrogen-bond donors (Lipinski definition) is 1. The Labute approximate surface area is 137 Å². The van der Waals surface area contributed by atoms with Crippen LogP contribution in [-0.4, -0.2) is 17.6 Å². The van der Waals surface area contributed by atoms with E-state index in [9.17, 15) is 14.9 Å². The van der Waals surface area contributed by atoms with Crippen LogP contribution in [0.1, 0.15) is 5.56 Å². The molecule has 1 amide bonds. The average molecular weight is 333 g/mol. The van der Waals surface area contributed by atoms with Crippen LogP contribution < -0.4 is 5.32 Å². The van der Waals surface area contributed by atoms with Crippen molar-refractivity contribution >= 4 is 34.6 Å². The van der Waals surface area contributed by atoms with E-state index in [-0.39, 0.29) is 12.3 Å². The van der Waals surface area contributed by atoms with Crippen molar-refractivity contribution in [1.29, 1.82) is 0 Å². The third kappa shape index (κ3) is 4.82. The molecule has 0 aliphatic heterocycles. The van der Waals surface area contributed by atoms with Gasteiger partial charge in [0.15, 0.2) is 0 Å². The van der Waals surface area contributed by atoms with Crippen molar-refractivity contribution in [3.05, 3.63) is 75.8 Å². The molecule has 0 radical (unpaired) electrons. The molecule has 23 heavy (non-hydrogen) atoms. The van der Waals surface area contributed by atoms with Crippen molar-refractivity contribution in [1.82, 2.24) is 0 Å². The minimum absolute atomic E-state index is 0.0112. The fourth-order valence-corrected chi connectivity index (χ4v) is 1.87. The van der Waals surface area contributed by atoms with E-state index in [0.717, 1.165) is 0 Å². The highest BCUT2D eigenvalue weighted by molar-refractivity contribution is 6.30. The van der Waals surface area contributed by atoms with Gasteiger partial charge in [-0.15, -0.1) is 0 Å². The monoisotopic (exact) mass is 332 g/mol. The first-order valence-corrected chi connectivity index (χ1v) is 6.95. The van der Waals surface area contributed by atoms with Crippen LogP contribution in [0.5, 0.6) is 0 Å². The molecule has 0 unspecified atom stereocenters. The molecule has 7 heteroatoms. The van der Waals surface area contributed by atoms with Crippen molar-refractivity contribution in [2.45, 2.75) is 0 Å². The van der Waals surface area contributed by atoms with E-state index in [1.807, 2.05) is 0 Å². The summed E-state index contributed by atoms with van der Waals surface area (Å²) in [5.41, 5.74) is 1.74. The lowest BCUT2D eigenvalue weighted by molar-refractivity contribution is -0.384. The van der Waals surface area contributed by atoms with Gasteiger partial charge in [-0.05, 0) is 47.5 Å². The number of nitro groups is 1. The number of nitrogens with one attached hydrogen (secondary N) is 1. The Bertz CT molecular complexity index is 727. The fourth-order valence-electron chi connectivity index (χ4n) is 1.74. The second-order valence-corrected chi connectivity index (χ2v) is 5.05. The number of benzene rings is 2. The second kappa shape index (κ2) is 7.42. The van der Waals surface area contributed by atoms with Crippen LogP contribution in [-0.2, 0) is 4.74 Å². The van der Waals surface area contributed by atoms with Gasteiger partial charge >= 0.3 is 6.09 Å². The molecule has 0 fully saturated rings. The predicted octanol–water partition coefficient (Wildman–Crippen LogP) is 4.51. The summed E-state index contributed by atoms with van der Waals surface area (Å²) >= 11 is 5.75. The zero-order valence-corrected chi connectivity index (χ0v) is 12.7. The van der Waals surface area contributed by atoms with Crippen molar-refractivity contribution < 1.29 is 14.5 Å². The van der Waals surface area contributed by atoms with E-state index in [4.69, 9.17) is 16.3 Å². The Hall–Kier alpha value is -2.86. The van der Waals surface area contributed by atoms with Gasteiger partial charge in [-0.1, -0.05) is 18.2 Å². The van der Waals surface area contributed by atoms with E-state index >= 15 is 0 Å². The van der Waals surface area contributed by atoms with Crippen molar-refractivity contribution in [3.63, 3.8) is 0 Å². The lowest BCUT2D eigenvalue weighted by Gasteiger charge is -2.09. The molecule has 0 saturated carbocycles. The molecule has 0 heterocycles. The SMILES string of the molecule is C=C(COC(=O)Nc1ccc(Cl)cc1)c1ccc([N+](=O)[O-])cc1. The summed E-state index contributed by atoms with van der Waals surface area (Å²) in [6.45, 7) is 3.77. The number of anilines is 1. The molecule has 2 aromatic rings. The van der Waals surface area contributed by atoms with Crippen LogP contribution in [0.25, 0.3) is 5.57 Å². The summed E-state index contributed by atoms with van der Waals surface area (Å²) in [5, 5.41) is 13.7. The fraction of sp³-hybridized carbons (Fsp3) is 0.0625. The number of ether oxygens (including phenoxy) is 1. The van der Waals surface area contributed by atoms with Gasteiger partial charge in [0.1, 0.15) is 6.61 Å². The number of non-ortho nitro benzene ring substituents is 1. The minimum Gasteiger partial charge on any atom is -0.444 e. The number of amides is 1. The molecule has 0 saturated heterocycles. The van der Waals surface area contributed by atoms with Gasteiger partial charge in [0.05, 0.1) is 4.92 Å². The maximum Gasteiger partial charge on any atom is 0.411 e. The summed E-state index contributed by atoms with van der Waals surface area (Å²) in [4.78, 5) is 21.8. The van der Waals surface area contributed by atoms with Gasteiger partial charge in [0, 0.05) is 22.8 Å². The van der Waals surface area contributed by atoms with Gasteiger partial charge in [-0.3, -0.25) is 15.4 Å². The quantitative estimate of drug-likeness (QED) is 0.645. The molecule has 6 nitrogen and oxygen atoms in total. The molecule has 2 rings (SSSR count). The Kier molecular flexibility index (Phi) is 5.32. The molecular weight excluding hydrogens is 320 g/mol. The van der Waals surface area contributed by atoms with Crippen LogP contribution in [0.15, 0.2) is 55.1 Å². The topological polar surface area (TPSA) is 81.5 Å². The third-order valence-corrected chi connectivity index (χ3v) is 3.21. The van der Waals surface area contributed by atoms with E-state index < -0.39 is 11.0 Å². The summed E-state index contributed by atoms with van der Waals surface area (Å²) in [7, 11) is 0. The zero-order chi connectivity index (χ0) is 16.8. The molecule has 118 valence electrons. The summed E-state index contributed by atoms with van der Waals surface area (Å²) in [5.74, 6) is 0. The molecule has 0 aliphatic carbocycles. The van der Waals surface area contributed by atoms with Crippen LogP contribution >= 0.6 is 11.6 Å². The van der Waals surface area contributed by atoms with Crippen molar-refractivity contribution in [2.24, 2.45) is 0 Å². The first-order chi connectivity index (χ1) is 11.0. The minimum atomic E-state index is -0.629. The summed E-state index contributed by atoms with van der Waals surface area (Å²) in [6.07, 6.45) is -0.629. The lowest BCUT2D eigenvalue weighted by Crippen LogP contribution is -2.14. The van der Waals surface area contributed by atoms with E-state index in [1.165, 1.54) is 12.1 Å². The molecule has 0 spiro atoms. The number of nitrogens with zero attached hydrogens (tertiary/aromatic N) is 1. The number of rotatable bonds is 5.